The van der Waals surface area contributed by atoms with Gasteiger partial charge in [0.2, 0.25) is 0 Å². The number of aromatic amines is 1. The fourth-order valence-corrected chi connectivity index (χ4v) is 3.51. The Labute approximate surface area is 152 Å². The number of hydrogen-bond acceptors (Lipinski definition) is 6. The number of aldehydes is 1. The van der Waals surface area contributed by atoms with Crippen LogP contribution in [0, 0.1) is 0 Å². The summed E-state index contributed by atoms with van der Waals surface area (Å²) < 4.78 is 4.89. The largest absolute Gasteiger partial charge is 0.468 e. The Bertz CT molecular complexity index is 982. The zero-order valence-corrected chi connectivity index (χ0v) is 14.6. The van der Waals surface area contributed by atoms with E-state index in [1.807, 2.05) is 0 Å². The number of fused-ring (bicyclic) bond motifs is 1. The van der Waals surface area contributed by atoms with Crippen LogP contribution in [0.1, 0.15) is 31.5 Å². The highest BCUT2D eigenvalue weighted by molar-refractivity contribution is 8.00. The number of amides is 1. The van der Waals surface area contributed by atoms with Crippen molar-refractivity contribution in [1.29, 1.82) is 0 Å². The Morgan fingerprint density at radius 3 is 2.58 bits per heavy atom. The first-order valence-corrected chi connectivity index (χ1v) is 8.49. The predicted octanol–water partition coefficient (Wildman–Crippen LogP) is 2.48. The van der Waals surface area contributed by atoms with Gasteiger partial charge in [-0.2, -0.15) is 0 Å². The second kappa shape index (κ2) is 7.40. The minimum atomic E-state index is -0.682. The van der Waals surface area contributed by atoms with Crippen molar-refractivity contribution < 1.29 is 19.1 Å². The molecule has 0 spiro atoms. The van der Waals surface area contributed by atoms with Crippen molar-refractivity contribution in [1.82, 2.24) is 9.97 Å². The minimum absolute atomic E-state index is 0.301. The molecule has 0 radical (unpaired) electrons. The predicted molar refractivity (Wildman–Crippen MR) is 97.1 cm³/mol. The van der Waals surface area contributed by atoms with Gasteiger partial charge in [0.05, 0.1) is 18.2 Å². The molecule has 3 N–H and O–H groups in total. The monoisotopic (exact) mass is 369 g/mol. The Morgan fingerprint density at radius 1 is 1.23 bits per heavy atom. The molecule has 7 nitrogen and oxygen atoms in total. The lowest BCUT2D eigenvalue weighted by atomic mass is 10.1. The summed E-state index contributed by atoms with van der Waals surface area (Å²) in [6.45, 7) is 0. The second-order valence-electron chi connectivity index (χ2n) is 5.41. The van der Waals surface area contributed by atoms with Crippen LogP contribution >= 0.6 is 11.8 Å². The molecule has 3 aromatic rings. The molecule has 8 heteroatoms. The number of rotatable bonds is 6. The number of methoxy groups -OCH3 is 1. The van der Waals surface area contributed by atoms with E-state index >= 15 is 0 Å². The van der Waals surface area contributed by atoms with Crippen LogP contribution in [0.4, 0.5) is 0 Å². The van der Waals surface area contributed by atoms with E-state index in [0.29, 0.717) is 32.9 Å². The number of aromatic nitrogens is 2. The quantitative estimate of drug-likeness (QED) is 0.392. The first-order valence-electron chi connectivity index (χ1n) is 7.61. The summed E-state index contributed by atoms with van der Waals surface area (Å²) in [5.41, 5.74) is 7.95. The van der Waals surface area contributed by atoms with Gasteiger partial charge >= 0.3 is 5.97 Å². The maximum Gasteiger partial charge on any atom is 0.323 e. The van der Waals surface area contributed by atoms with Crippen molar-refractivity contribution in [2.75, 3.05) is 7.11 Å². The first-order chi connectivity index (χ1) is 12.5. The normalized spacial score (nSPS) is 11.9. The van der Waals surface area contributed by atoms with Gasteiger partial charge in [0.15, 0.2) is 5.16 Å². The highest BCUT2D eigenvalue weighted by atomic mass is 32.2. The molecule has 1 atom stereocenters. The number of carbonyl (C=O) groups excluding carboxylic acids is 3. The standard InChI is InChI=1S/C18H15N3O4S/c1-25-17(24)15(11-7-5-10(9-22)6-8-11)26-18-20-13-4-2-3-12(16(19)23)14(13)21-18/h2-9,15H,1H3,(H2,19,23)(H,20,21). The van der Waals surface area contributed by atoms with Crippen LogP contribution in [0.15, 0.2) is 47.6 Å². The molecular weight excluding hydrogens is 354 g/mol. The van der Waals surface area contributed by atoms with Crippen LogP contribution in [-0.4, -0.2) is 35.2 Å². The van der Waals surface area contributed by atoms with E-state index < -0.39 is 17.1 Å². The van der Waals surface area contributed by atoms with Gasteiger partial charge < -0.3 is 15.5 Å². The van der Waals surface area contributed by atoms with E-state index in [-0.39, 0.29) is 0 Å². The lowest BCUT2D eigenvalue weighted by molar-refractivity contribution is -0.140. The van der Waals surface area contributed by atoms with Gasteiger partial charge in [-0.3, -0.25) is 14.4 Å². The summed E-state index contributed by atoms with van der Waals surface area (Å²) in [6.07, 6.45) is 0.731. The number of hydrogen-bond donors (Lipinski definition) is 2. The molecule has 26 heavy (non-hydrogen) atoms. The van der Waals surface area contributed by atoms with Gasteiger partial charge in [-0.25, -0.2) is 4.98 Å². The van der Waals surface area contributed by atoms with E-state index in [1.54, 1.807) is 42.5 Å². The average Bonchev–Trinajstić information content (AvgIpc) is 3.08. The van der Waals surface area contributed by atoms with E-state index in [1.165, 1.54) is 7.11 Å². The smallest absolute Gasteiger partial charge is 0.323 e. The van der Waals surface area contributed by atoms with Gasteiger partial charge in [0.25, 0.3) is 5.91 Å². The zero-order chi connectivity index (χ0) is 18.7. The van der Waals surface area contributed by atoms with Crippen LogP contribution in [0.5, 0.6) is 0 Å². The van der Waals surface area contributed by atoms with Crippen LogP contribution in [-0.2, 0) is 9.53 Å². The molecule has 0 fully saturated rings. The molecule has 0 aliphatic heterocycles. The molecular formula is C18H15N3O4S. The van der Waals surface area contributed by atoms with Gasteiger partial charge in [-0.05, 0) is 17.7 Å². The summed E-state index contributed by atoms with van der Waals surface area (Å²) in [7, 11) is 1.31. The van der Waals surface area contributed by atoms with Crippen molar-refractivity contribution in [3.63, 3.8) is 0 Å². The Morgan fingerprint density at radius 2 is 1.96 bits per heavy atom. The van der Waals surface area contributed by atoms with Gasteiger partial charge in [0, 0.05) is 5.56 Å². The third-order valence-corrected chi connectivity index (χ3v) is 4.89. The number of para-hydroxylation sites is 1. The van der Waals surface area contributed by atoms with E-state index in [9.17, 15) is 14.4 Å². The third-order valence-electron chi connectivity index (χ3n) is 3.78. The van der Waals surface area contributed by atoms with Crippen LogP contribution in [0.25, 0.3) is 11.0 Å². The number of primary amides is 1. The van der Waals surface area contributed by atoms with Crippen LogP contribution in [0.2, 0.25) is 0 Å². The number of benzene rings is 2. The number of ether oxygens (including phenoxy) is 1. The average molecular weight is 369 g/mol. The molecule has 0 aliphatic rings. The lowest BCUT2D eigenvalue weighted by Gasteiger charge is -2.13. The van der Waals surface area contributed by atoms with E-state index in [2.05, 4.69) is 9.97 Å². The summed E-state index contributed by atoms with van der Waals surface area (Å²) in [4.78, 5) is 42.0. The summed E-state index contributed by atoms with van der Waals surface area (Å²) in [5.74, 6) is -1.03. The molecule has 0 bridgehead atoms. The molecule has 1 amide bonds. The number of thioether (sulfide) groups is 1. The van der Waals surface area contributed by atoms with Crippen molar-refractivity contribution in [3.05, 3.63) is 59.2 Å². The molecule has 3 rings (SSSR count). The summed E-state index contributed by atoms with van der Waals surface area (Å²) >= 11 is 1.15. The van der Waals surface area contributed by atoms with Crippen molar-refractivity contribution in [3.8, 4) is 0 Å². The zero-order valence-electron chi connectivity index (χ0n) is 13.8. The summed E-state index contributed by atoms with van der Waals surface area (Å²) in [6, 6.07) is 11.7. The van der Waals surface area contributed by atoms with Crippen molar-refractivity contribution in [2.45, 2.75) is 10.4 Å². The van der Waals surface area contributed by atoms with Gasteiger partial charge in [-0.1, -0.05) is 42.1 Å². The Hall–Kier alpha value is -3.13. The Balaban J connectivity index is 1.97. The molecule has 1 aromatic heterocycles. The molecule has 1 heterocycles. The number of carbonyl (C=O) groups is 3. The highest BCUT2D eigenvalue weighted by Crippen LogP contribution is 2.36. The van der Waals surface area contributed by atoms with Gasteiger partial charge in [-0.15, -0.1) is 0 Å². The SMILES string of the molecule is COC(=O)C(Sc1nc2c(C(N)=O)cccc2[nH]1)c1ccc(C=O)cc1. The highest BCUT2D eigenvalue weighted by Gasteiger charge is 2.25. The molecule has 1 unspecified atom stereocenters. The maximum absolute atomic E-state index is 12.2. The number of H-pyrrole nitrogens is 1. The van der Waals surface area contributed by atoms with Crippen molar-refractivity contribution in [2.24, 2.45) is 5.73 Å². The number of esters is 1. The van der Waals surface area contributed by atoms with E-state index in [0.717, 1.165) is 18.0 Å². The first kappa shape index (κ1) is 17.7. The second-order valence-corrected chi connectivity index (χ2v) is 6.51. The number of nitrogens with two attached hydrogens (primary N) is 1. The fourth-order valence-electron chi connectivity index (χ4n) is 2.48. The lowest BCUT2D eigenvalue weighted by Crippen LogP contribution is -2.12. The van der Waals surface area contributed by atoms with Crippen LogP contribution < -0.4 is 5.73 Å². The molecule has 132 valence electrons. The molecule has 0 aliphatic carbocycles. The van der Waals surface area contributed by atoms with Crippen molar-refractivity contribution >= 4 is 41.0 Å². The molecule has 0 saturated heterocycles. The van der Waals surface area contributed by atoms with E-state index in [4.69, 9.17) is 10.5 Å². The third kappa shape index (κ3) is 3.45. The fraction of sp³-hybridized carbons (Fsp3) is 0.111. The van der Waals surface area contributed by atoms with Gasteiger partial charge in [0.1, 0.15) is 17.1 Å². The minimum Gasteiger partial charge on any atom is -0.468 e. The Kier molecular flexibility index (Phi) is 5.04. The molecule has 2 aromatic carbocycles. The summed E-state index contributed by atoms with van der Waals surface area (Å²) in [5, 5.41) is -0.234. The molecule has 0 saturated carbocycles. The number of nitrogens with one attached hydrogen (secondary N) is 1. The maximum atomic E-state index is 12.2. The number of imidazole rings is 1. The topological polar surface area (TPSA) is 115 Å². The van der Waals surface area contributed by atoms with Crippen LogP contribution in [0.3, 0.4) is 0 Å². The number of nitrogens with zero attached hydrogens (tertiary/aromatic N) is 1.